The summed E-state index contributed by atoms with van der Waals surface area (Å²) in [5.41, 5.74) is 0. The van der Waals surface area contributed by atoms with Crippen LogP contribution in [0.15, 0.2) is 0 Å². The Morgan fingerprint density at radius 1 is 0.348 bits per heavy atom. The molecule has 0 saturated heterocycles. The summed E-state index contributed by atoms with van der Waals surface area (Å²) in [5.74, 6) is 0. The Morgan fingerprint density at radius 2 is 0.522 bits per heavy atom. The van der Waals surface area contributed by atoms with Crippen molar-refractivity contribution in [3.8, 4) is 0 Å². The van der Waals surface area contributed by atoms with Gasteiger partial charge in [0, 0.05) is 0 Å². The highest BCUT2D eigenvalue weighted by molar-refractivity contribution is 7.48. The molecule has 0 spiro atoms. The highest BCUT2D eigenvalue weighted by Gasteiger charge is 2.30. The molecule has 278 valence electrons. The second-order valence-electron chi connectivity index (χ2n) is 8.48. The number of rotatable bonds is 28. The van der Waals surface area contributed by atoms with Crippen molar-refractivity contribution in [2.24, 2.45) is 0 Å². The summed E-state index contributed by atoms with van der Waals surface area (Å²) in [6.45, 7) is -9.76. The van der Waals surface area contributed by atoms with E-state index in [1.165, 1.54) is 0 Å². The summed E-state index contributed by atoms with van der Waals surface area (Å²) in [4.78, 5) is 55.0. The van der Waals surface area contributed by atoms with Crippen molar-refractivity contribution in [3.63, 3.8) is 0 Å². The van der Waals surface area contributed by atoms with E-state index >= 15 is 0 Å². The van der Waals surface area contributed by atoms with Crippen LogP contribution in [0.1, 0.15) is 0 Å². The van der Waals surface area contributed by atoms with Gasteiger partial charge in [0.25, 0.3) is 0 Å². The first-order valence-electron chi connectivity index (χ1n) is 12.0. The first kappa shape index (κ1) is 46.3. The molecule has 0 amide bonds. The van der Waals surface area contributed by atoms with Gasteiger partial charge >= 0.3 is 39.1 Å². The van der Waals surface area contributed by atoms with E-state index in [1.807, 2.05) is 0 Å². The van der Waals surface area contributed by atoms with Gasteiger partial charge in [-0.2, -0.15) is 0 Å². The van der Waals surface area contributed by atoms with E-state index in [0.717, 1.165) is 0 Å². The van der Waals surface area contributed by atoms with Gasteiger partial charge in [-0.25, -0.2) is 22.8 Å². The van der Waals surface area contributed by atoms with E-state index in [1.54, 1.807) is 0 Å². The molecular formula is C15H37O26P5. The molecule has 0 radical (unpaired) electrons. The van der Waals surface area contributed by atoms with Crippen LogP contribution in [0, 0.1) is 0 Å². The summed E-state index contributed by atoms with van der Waals surface area (Å²) in [6, 6.07) is 0. The molecular weight excluding hydrogens is 751 g/mol. The lowest BCUT2D eigenvalue weighted by atomic mass is 10.4. The average Bonchev–Trinajstić information content (AvgIpc) is 2.95. The van der Waals surface area contributed by atoms with Gasteiger partial charge < -0.3 is 60.0 Å². The highest BCUT2D eigenvalue weighted by atomic mass is 31.2. The molecule has 0 aromatic heterocycles. The molecule has 12 N–H and O–H groups in total. The Bertz CT molecular complexity index is 1100. The molecule has 0 aromatic rings. The lowest BCUT2D eigenvalue weighted by molar-refractivity contribution is 0.00112. The van der Waals surface area contributed by atoms with Crippen LogP contribution in [0.2, 0.25) is 0 Å². The van der Waals surface area contributed by atoms with Crippen molar-refractivity contribution in [1.82, 2.24) is 0 Å². The molecule has 46 heavy (non-hydrogen) atoms. The largest absolute Gasteiger partial charge is 0.472 e. The fourth-order valence-corrected chi connectivity index (χ4v) is 5.57. The lowest BCUT2D eigenvalue weighted by Gasteiger charge is -2.20. The Morgan fingerprint density at radius 3 is 0.696 bits per heavy atom. The van der Waals surface area contributed by atoms with Crippen LogP contribution in [-0.2, 0) is 63.5 Å². The smallest absolute Gasteiger partial charge is 0.394 e. The van der Waals surface area contributed by atoms with Gasteiger partial charge in [0.15, 0.2) is 0 Å². The number of phosphoric ester groups is 5. The maximum Gasteiger partial charge on any atom is 0.472 e. The molecule has 0 saturated carbocycles. The summed E-state index contributed by atoms with van der Waals surface area (Å²) in [7, 11) is -24.7. The first-order chi connectivity index (χ1) is 20.9. The molecule has 9 atom stereocenters. The minimum atomic E-state index is -5.03. The summed E-state index contributed by atoms with van der Waals surface area (Å²) < 4.78 is 96.4. The summed E-state index contributed by atoms with van der Waals surface area (Å²) in [5, 5.41) is 56.1. The van der Waals surface area contributed by atoms with Gasteiger partial charge in [0.05, 0.1) is 66.1 Å². The molecule has 0 aromatic carbocycles. The molecule has 31 heteroatoms. The molecule has 0 rings (SSSR count). The van der Waals surface area contributed by atoms with Crippen molar-refractivity contribution in [2.75, 3.05) is 66.1 Å². The maximum atomic E-state index is 11.9. The van der Waals surface area contributed by atoms with Gasteiger partial charge in [-0.05, 0) is 0 Å². The number of aliphatic hydroxyl groups is 6. The third-order valence-corrected chi connectivity index (χ3v) is 8.37. The van der Waals surface area contributed by atoms with Gasteiger partial charge in [0.1, 0.15) is 30.5 Å². The fraction of sp³-hybridized carbons (Fsp3) is 1.00. The van der Waals surface area contributed by atoms with E-state index in [-0.39, 0.29) is 0 Å². The van der Waals surface area contributed by atoms with Crippen molar-refractivity contribution in [1.29, 1.82) is 0 Å². The van der Waals surface area contributed by atoms with E-state index in [9.17, 15) is 62.8 Å². The van der Waals surface area contributed by atoms with Crippen LogP contribution in [0.5, 0.6) is 0 Å². The average molecular weight is 788 g/mol. The van der Waals surface area contributed by atoms with Gasteiger partial charge in [-0.3, -0.25) is 40.7 Å². The number of hydrogen-bond acceptors (Lipinski definition) is 20. The predicted molar refractivity (Wildman–Crippen MR) is 142 cm³/mol. The molecule has 0 heterocycles. The van der Waals surface area contributed by atoms with Crippen LogP contribution < -0.4 is 0 Å². The Labute approximate surface area is 259 Å². The summed E-state index contributed by atoms with van der Waals surface area (Å²) >= 11 is 0. The first-order valence-corrected chi connectivity index (χ1v) is 19.6. The van der Waals surface area contributed by atoms with Gasteiger partial charge in [-0.1, -0.05) is 0 Å². The number of hydrogen-bond donors (Lipinski definition) is 12. The van der Waals surface area contributed by atoms with Gasteiger partial charge in [-0.15, -0.1) is 0 Å². The molecule has 0 fully saturated rings. The maximum absolute atomic E-state index is 11.9. The third-order valence-electron chi connectivity index (χ3n) is 4.09. The highest BCUT2D eigenvalue weighted by Crippen LogP contribution is 2.47. The fourth-order valence-electron chi connectivity index (χ4n) is 2.02. The minimum absolute atomic E-state index is 0.783. The van der Waals surface area contributed by atoms with Crippen LogP contribution in [0.4, 0.5) is 0 Å². The quantitative estimate of drug-likeness (QED) is 0.0341. The number of aliphatic hydroxyl groups excluding tert-OH is 6. The second-order valence-corrected chi connectivity index (χ2v) is 15.5. The zero-order valence-electron chi connectivity index (χ0n) is 23.3. The molecule has 9 unspecified atom stereocenters. The molecule has 26 nitrogen and oxygen atoms in total. The lowest BCUT2D eigenvalue weighted by Crippen LogP contribution is -2.24. The molecule has 0 bridgehead atoms. The van der Waals surface area contributed by atoms with E-state index < -0.39 is 136 Å². The summed E-state index contributed by atoms with van der Waals surface area (Å²) in [6.07, 6.45) is -8.79. The molecule has 0 aliphatic carbocycles. The van der Waals surface area contributed by atoms with Crippen molar-refractivity contribution >= 4 is 39.1 Å². The van der Waals surface area contributed by atoms with Crippen molar-refractivity contribution < 1.29 is 124 Å². The number of phosphoric acid groups is 5. The van der Waals surface area contributed by atoms with Crippen LogP contribution in [0.3, 0.4) is 0 Å². The molecule has 0 aliphatic heterocycles. The SMILES string of the molecule is O=P(O)(O)OCC(O)COP(=O)(O)OCC(O)COP(=O)(O)OCC(O)COP(=O)(O)OCC(O)COP(=O)(O)OCC(O)CO. The van der Waals surface area contributed by atoms with E-state index in [4.69, 9.17) is 20.0 Å². The Kier molecular flexibility index (Phi) is 21.7. The minimum Gasteiger partial charge on any atom is -0.394 e. The van der Waals surface area contributed by atoms with Crippen LogP contribution >= 0.6 is 39.1 Å². The zero-order chi connectivity index (χ0) is 35.8. The standard InChI is InChI=1S/C15H37O26P5/c16-1-11(17)2-34-43(25,26)36-5-13(19)6-38-45(29,30)40-9-15(21)10-41-46(31,32)39-8-14(20)7-37-44(27,28)35-4-12(18)3-33-42(22,23)24/h11-21H,1-10H2,(H,25,26)(H,27,28)(H,29,30)(H,31,32)(H2,22,23,24). The van der Waals surface area contributed by atoms with E-state index in [2.05, 4.69) is 40.7 Å². The van der Waals surface area contributed by atoms with Gasteiger partial charge in [0.2, 0.25) is 0 Å². The predicted octanol–water partition coefficient (Wildman–Crippen LogP) is -3.57. The Balaban J connectivity index is 4.37. The Hall–Kier alpha value is 0.310. The van der Waals surface area contributed by atoms with Crippen LogP contribution in [-0.4, -0.2) is 157 Å². The van der Waals surface area contributed by atoms with Crippen molar-refractivity contribution in [3.05, 3.63) is 0 Å². The third kappa shape index (κ3) is 26.2. The normalized spacial score (nSPS) is 21.2. The monoisotopic (exact) mass is 788 g/mol. The van der Waals surface area contributed by atoms with Crippen LogP contribution in [0.25, 0.3) is 0 Å². The topological polar surface area (TPSA) is 411 Å². The zero-order valence-corrected chi connectivity index (χ0v) is 27.7. The van der Waals surface area contributed by atoms with E-state index in [0.29, 0.717) is 0 Å². The van der Waals surface area contributed by atoms with Crippen molar-refractivity contribution in [2.45, 2.75) is 30.5 Å². The molecule has 0 aliphatic rings. The second kappa shape index (κ2) is 21.5.